The molecule has 1 aliphatic heterocycles. The molecule has 35 heavy (non-hydrogen) atoms. The first-order chi connectivity index (χ1) is 16.7. The molecule has 0 bridgehead atoms. The standard InChI is InChI=1S/C23H26N4O4S4/c1-15(2)27(35(30,31)21-7-4-10-32-21)20-6-3-5-16-11-19(25-22(16)20)23-24-12-17(33-23)13-26-9-8-18(14-26)34(28)29/h3-7,10-12,15,18,25H,8-9,13-14H2,1-2H3,(H,28,29)/p-1. The van der Waals surface area contributed by atoms with Crippen molar-refractivity contribution in [2.24, 2.45) is 0 Å². The number of thiazole rings is 1. The molecular weight excluding hydrogens is 525 g/mol. The van der Waals surface area contributed by atoms with Crippen molar-refractivity contribution in [2.45, 2.75) is 42.3 Å². The summed E-state index contributed by atoms with van der Waals surface area (Å²) in [4.78, 5) is 11.2. The Bertz CT molecular complexity index is 1460. The first-order valence-corrected chi connectivity index (χ1v) is 15.5. The van der Waals surface area contributed by atoms with Crippen LogP contribution in [-0.2, 0) is 27.6 Å². The molecule has 4 heterocycles. The zero-order chi connectivity index (χ0) is 24.7. The number of nitrogens with one attached hydrogen (secondary N) is 1. The lowest BCUT2D eigenvalue weighted by Gasteiger charge is -2.28. The van der Waals surface area contributed by atoms with Gasteiger partial charge in [-0.05, 0) is 50.4 Å². The van der Waals surface area contributed by atoms with Crippen molar-refractivity contribution >= 4 is 60.4 Å². The van der Waals surface area contributed by atoms with Crippen LogP contribution in [0.2, 0.25) is 0 Å². The minimum absolute atomic E-state index is 0.279. The topological polar surface area (TPSA) is 109 Å². The van der Waals surface area contributed by atoms with E-state index in [-0.39, 0.29) is 11.3 Å². The van der Waals surface area contributed by atoms with Crippen molar-refractivity contribution in [2.75, 3.05) is 17.4 Å². The second-order valence-electron chi connectivity index (χ2n) is 8.79. The molecule has 0 amide bonds. The summed E-state index contributed by atoms with van der Waals surface area (Å²) >= 11 is 0.728. The number of aromatic nitrogens is 2. The highest BCUT2D eigenvalue weighted by atomic mass is 32.2. The Morgan fingerprint density at radius 2 is 2.14 bits per heavy atom. The van der Waals surface area contributed by atoms with E-state index in [0.717, 1.165) is 33.0 Å². The Hall–Kier alpha value is -2.09. The minimum atomic E-state index is -3.71. The number of para-hydroxylation sites is 1. The number of fused-ring (bicyclic) bond motifs is 1. The van der Waals surface area contributed by atoms with Gasteiger partial charge in [0.1, 0.15) is 9.22 Å². The maximum atomic E-state index is 13.5. The average Bonchev–Trinajstić information content (AvgIpc) is 3.59. The van der Waals surface area contributed by atoms with Gasteiger partial charge in [0.05, 0.1) is 16.9 Å². The predicted octanol–water partition coefficient (Wildman–Crippen LogP) is 4.41. The zero-order valence-electron chi connectivity index (χ0n) is 19.2. The summed E-state index contributed by atoms with van der Waals surface area (Å²) in [5, 5.41) is 3.18. The van der Waals surface area contributed by atoms with Crippen LogP contribution in [0.15, 0.2) is 52.2 Å². The van der Waals surface area contributed by atoms with Gasteiger partial charge in [0.15, 0.2) is 0 Å². The van der Waals surface area contributed by atoms with Gasteiger partial charge in [-0.2, -0.15) is 0 Å². The van der Waals surface area contributed by atoms with E-state index in [1.54, 1.807) is 28.8 Å². The van der Waals surface area contributed by atoms with E-state index in [4.69, 9.17) is 0 Å². The Morgan fingerprint density at radius 3 is 2.83 bits per heavy atom. The van der Waals surface area contributed by atoms with E-state index < -0.39 is 21.1 Å². The van der Waals surface area contributed by atoms with Crippen molar-refractivity contribution in [1.82, 2.24) is 14.9 Å². The summed E-state index contributed by atoms with van der Waals surface area (Å²) < 4.78 is 51.2. The third kappa shape index (κ3) is 4.83. The smallest absolute Gasteiger partial charge is 0.274 e. The van der Waals surface area contributed by atoms with Crippen molar-refractivity contribution < 1.29 is 17.2 Å². The molecular formula is C23H25N4O4S4-. The molecule has 2 unspecified atom stereocenters. The highest BCUT2D eigenvalue weighted by molar-refractivity contribution is 7.94. The van der Waals surface area contributed by atoms with Crippen LogP contribution in [0.4, 0.5) is 5.69 Å². The highest BCUT2D eigenvalue weighted by Gasteiger charge is 2.30. The molecule has 0 radical (unpaired) electrons. The summed E-state index contributed by atoms with van der Waals surface area (Å²) in [7, 11) is -3.71. The third-order valence-corrected chi connectivity index (χ3v) is 11.3. The van der Waals surface area contributed by atoms with E-state index in [2.05, 4.69) is 14.9 Å². The van der Waals surface area contributed by atoms with Crippen LogP contribution < -0.4 is 4.31 Å². The SMILES string of the molecule is CC(C)N(c1cccc2cc(-c3ncc(CN4CCC(S(=O)[O-])C4)s3)[nH]c12)S(=O)(=O)c1cccs1. The molecule has 1 saturated heterocycles. The molecule has 2 atom stereocenters. The fourth-order valence-corrected chi connectivity index (χ4v) is 8.76. The largest absolute Gasteiger partial charge is 0.772 e. The summed E-state index contributed by atoms with van der Waals surface area (Å²) in [5.41, 5.74) is 2.16. The van der Waals surface area contributed by atoms with Gasteiger partial charge >= 0.3 is 0 Å². The fourth-order valence-electron chi connectivity index (χ4n) is 4.45. The summed E-state index contributed by atoms with van der Waals surface area (Å²) in [6, 6.07) is 10.7. The number of nitrogens with zero attached hydrogens (tertiary/aromatic N) is 3. The Balaban J connectivity index is 1.45. The van der Waals surface area contributed by atoms with E-state index in [1.807, 2.05) is 44.3 Å². The molecule has 1 N–H and O–H groups in total. The lowest BCUT2D eigenvalue weighted by Crippen LogP contribution is -2.36. The van der Waals surface area contributed by atoms with Crippen molar-refractivity contribution in [3.8, 4) is 10.7 Å². The van der Waals surface area contributed by atoms with Crippen LogP contribution in [0.5, 0.6) is 0 Å². The lowest BCUT2D eigenvalue weighted by atomic mass is 10.2. The van der Waals surface area contributed by atoms with Gasteiger partial charge in [0.2, 0.25) is 0 Å². The molecule has 1 aliphatic rings. The van der Waals surface area contributed by atoms with Crippen molar-refractivity contribution in [1.29, 1.82) is 0 Å². The van der Waals surface area contributed by atoms with E-state index in [1.165, 1.54) is 15.6 Å². The van der Waals surface area contributed by atoms with E-state index in [0.29, 0.717) is 29.4 Å². The number of likely N-dealkylation sites (tertiary alicyclic amines) is 1. The number of anilines is 1. The molecule has 12 heteroatoms. The molecule has 0 spiro atoms. The molecule has 0 aliphatic carbocycles. The number of hydrogen-bond acceptors (Lipinski definition) is 8. The van der Waals surface area contributed by atoms with Crippen molar-refractivity contribution in [3.63, 3.8) is 0 Å². The number of aromatic amines is 1. The van der Waals surface area contributed by atoms with Gasteiger partial charge < -0.3 is 9.54 Å². The highest BCUT2D eigenvalue weighted by Crippen LogP contribution is 2.36. The second-order valence-corrected chi connectivity index (χ2v) is 14.1. The normalized spacial score (nSPS) is 18.0. The van der Waals surface area contributed by atoms with Gasteiger partial charge in [0.25, 0.3) is 10.0 Å². The molecule has 8 nitrogen and oxygen atoms in total. The molecule has 0 saturated carbocycles. The van der Waals surface area contributed by atoms with Gasteiger partial charge in [0, 0.05) is 40.8 Å². The summed E-state index contributed by atoms with van der Waals surface area (Å²) in [5.74, 6) is 0. The van der Waals surface area contributed by atoms with E-state index >= 15 is 0 Å². The maximum Gasteiger partial charge on any atom is 0.274 e. The molecule has 4 aromatic rings. The van der Waals surface area contributed by atoms with Gasteiger partial charge in [-0.3, -0.25) is 13.4 Å². The predicted molar refractivity (Wildman–Crippen MR) is 141 cm³/mol. The summed E-state index contributed by atoms with van der Waals surface area (Å²) in [6.45, 7) is 5.70. The first-order valence-electron chi connectivity index (χ1n) is 11.2. The quantitative estimate of drug-likeness (QED) is 0.326. The summed E-state index contributed by atoms with van der Waals surface area (Å²) in [6.07, 6.45) is 2.49. The molecule has 3 aromatic heterocycles. The fraction of sp³-hybridized carbons (Fsp3) is 0.348. The number of sulfonamides is 1. The Morgan fingerprint density at radius 1 is 1.31 bits per heavy atom. The molecule has 1 aromatic carbocycles. The number of rotatable bonds is 8. The van der Waals surface area contributed by atoms with Crippen LogP contribution in [0.3, 0.4) is 0 Å². The van der Waals surface area contributed by atoms with Crippen LogP contribution in [0, 0.1) is 0 Å². The second kappa shape index (κ2) is 9.75. The third-order valence-electron chi connectivity index (χ3n) is 6.01. The van der Waals surface area contributed by atoms with Crippen LogP contribution in [0.25, 0.3) is 21.6 Å². The maximum absolute atomic E-state index is 13.5. The molecule has 1 fully saturated rings. The van der Waals surface area contributed by atoms with Crippen LogP contribution in [0.1, 0.15) is 25.1 Å². The molecule has 5 rings (SSSR count). The number of benzene rings is 1. The zero-order valence-corrected chi connectivity index (χ0v) is 22.5. The van der Waals surface area contributed by atoms with Gasteiger partial charge in [-0.25, -0.2) is 13.4 Å². The van der Waals surface area contributed by atoms with Crippen molar-refractivity contribution in [3.05, 3.63) is 52.9 Å². The molecule has 186 valence electrons. The lowest BCUT2D eigenvalue weighted by molar-refractivity contribution is 0.333. The Labute approximate surface area is 215 Å². The van der Waals surface area contributed by atoms with E-state index in [9.17, 15) is 17.2 Å². The monoisotopic (exact) mass is 549 g/mol. The Kier molecular flexibility index (Phi) is 6.85. The minimum Gasteiger partial charge on any atom is -0.772 e. The van der Waals surface area contributed by atoms with Crippen LogP contribution >= 0.6 is 22.7 Å². The number of thiophene rings is 1. The van der Waals surface area contributed by atoms with Crippen LogP contribution in [-0.4, -0.2) is 56.4 Å². The van der Waals surface area contributed by atoms with Gasteiger partial charge in [-0.1, -0.05) is 29.3 Å². The van der Waals surface area contributed by atoms with Gasteiger partial charge in [-0.15, -0.1) is 22.7 Å². The average molecular weight is 550 g/mol. The number of H-pyrrole nitrogens is 1. The number of hydrogen-bond donors (Lipinski definition) is 1. The first kappa shape index (κ1) is 24.6.